The van der Waals surface area contributed by atoms with Crippen molar-refractivity contribution in [2.75, 3.05) is 19.7 Å². The van der Waals surface area contributed by atoms with Crippen molar-refractivity contribution >= 4 is 11.9 Å². The Morgan fingerprint density at radius 1 is 1.25 bits per heavy atom. The molecule has 1 rings (SSSR count). The largest absolute Gasteiger partial charge is 0.466 e. The molecule has 20 heavy (non-hydrogen) atoms. The molecule has 0 aliphatic heterocycles. The second-order valence-electron chi connectivity index (χ2n) is 5.15. The lowest BCUT2D eigenvalue weighted by Gasteiger charge is -2.24. The minimum atomic E-state index is -0.132. The summed E-state index contributed by atoms with van der Waals surface area (Å²) in [6.07, 6.45) is 7.60. The molecule has 0 radical (unpaired) electrons. The van der Waals surface area contributed by atoms with Gasteiger partial charge in [0.25, 0.3) is 0 Å². The van der Waals surface area contributed by atoms with Crippen LogP contribution < -0.4 is 10.6 Å². The van der Waals surface area contributed by atoms with Gasteiger partial charge < -0.3 is 15.4 Å². The summed E-state index contributed by atoms with van der Waals surface area (Å²) >= 11 is 0. The third kappa shape index (κ3) is 7.36. The molecule has 0 atom stereocenters. The Bertz CT molecular complexity index is 299. The van der Waals surface area contributed by atoms with Crippen LogP contribution in [0.3, 0.4) is 0 Å². The highest BCUT2D eigenvalue weighted by atomic mass is 16.5. The molecule has 116 valence electrons. The Morgan fingerprint density at radius 3 is 2.65 bits per heavy atom. The number of nitrogens with one attached hydrogen (secondary N) is 2. The van der Waals surface area contributed by atoms with E-state index in [1.54, 1.807) is 0 Å². The summed E-state index contributed by atoms with van der Waals surface area (Å²) in [4.78, 5) is 15.8. The topological polar surface area (TPSA) is 62.7 Å². The smallest absolute Gasteiger partial charge is 0.305 e. The van der Waals surface area contributed by atoms with Crippen molar-refractivity contribution in [2.45, 2.75) is 64.8 Å². The zero-order chi connectivity index (χ0) is 14.6. The normalized spacial score (nSPS) is 16.8. The van der Waals surface area contributed by atoms with Crippen LogP contribution in [0, 0.1) is 0 Å². The fourth-order valence-corrected chi connectivity index (χ4v) is 2.41. The van der Waals surface area contributed by atoms with Gasteiger partial charge in [0.05, 0.1) is 6.61 Å². The lowest BCUT2D eigenvalue weighted by Crippen LogP contribution is -2.44. The second-order valence-corrected chi connectivity index (χ2v) is 5.15. The Balaban J connectivity index is 2.28. The molecule has 1 aliphatic rings. The van der Waals surface area contributed by atoms with Gasteiger partial charge in [-0.3, -0.25) is 9.79 Å². The Morgan fingerprint density at radius 2 is 2.00 bits per heavy atom. The van der Waals surface area contributed by atoms with Gasteiger partial charge in [0.1, 0.15) is 0 Å². The Labute approximate surface area is 122 Å². The van der Waals surface area contributed by atoms with Crippen molar-refractivity contribution in [3.63, 3.8) is 0 Å². The van der Waals surface area contributed by atoms with E-state index < -0.39 is 0 Å². The summed E-state index contributed by atoms with van der Waals surface area (Å²) in [6, 6.07) is 0.548. The fraction of sp³-hybridized carbons (Fsp3) is 0.867. The molecular formula is C15H29N3O2. The van der Waals surface area contributed by atoms with Crippen LogP contribution in [0.15, 0.2) is 4.99 Å². The fourth-order valence-electron chi connectivity index (χ4n) is 2.41. The summed E-state index contributed by atoms with van der Waals surface area (Å²) in [5.41, 5.74) is 0. The van der Waals surface area contributed by atoms with Crippen molar-refractivity contribution in [3.05, 3.63) is 0 Å². The summed E-state index contributed by atoms with van der Waals surface area (Å²) in [5.74, 6) is 0.746. The van der Waals surface area contributed by atoms with Crippen LogP contribution in [-0.2, 0) is 9.53 Å². The number of aliphatic imine (C=N–C) groups is 1. The first-order valence-electron chi connectivity index (χ1n) is 7.96. The third-order valence-electron chi connectivity index (χ3n) is 3.40. The zero-order valence-corrected chi connectivity index (χ0v) is 12.9. The minimum Gasteiger partial charge on any atom is -0.466 e. The molecule has 1 aliphatic carbocycles. The number of ether oxygens (including phenoxy) is 1. The van der Waals surface area contributed by atoms with Gasteiger partial charge in [0, 0.05) is 25.6 Å². The van der Waals surface area contributed by atoms with E-state index >= 15 is 0 Å². The predicted octanol–water partition coefficient (Wildman–Crippen LogP) is 2.22. The van der Waals surface area contributed by atoms with E-state index in [0.717, 1.165) is 18.9 Å². The van der Waals surface area contributed by atoms with Gasteiger partial charge in [0.2, 0.25) is 0 Å². The quantitative estimate of drug-likeness (QED) is 0.325. The first-order valence-corrected chi connectivity index (χ1v) is 7.96. The average Bonchev–Trinajstić information content (AvgIpc) is 2.45. The molecule has 0 heterocycles. The highest BCUT2D eigenvalue weighted by molar-refractivity contribution is 5.80. The van der Waals surface area contributed by atoms with E-state index in [0.29, 0.717) is 25.6 Å². The van der Waals surface area contributed by atoms with Gasteiger partial charge in [-0.2, -0.15) is 0 Å². The highest BCUT2D eigenvalue weighted by Gasteiger charge is 2.14. The lowest BCUT2D eigenvalue weighted by atomic mass is 9.96. The molecule has 0 aromatic carbocycles. The van der Waals surface area contributed by atoms with Crippen LogP contribution in [0.25, 0.3) is 0 Å². The molecule has 0 spiro atoms. The first-order chi connectivity index (χ1) is 9.76. The van der Waals surface area contributed by atoms with Crippen molar-refractivity contribution in [1.82, 2.24) is 10.6 Å². The van der Waals surface area contributed by atoms with E-state index in [9.17, 15) is 4.79 Å². The van der Waals surface area contributed by atoms with Crippen LogP contribution in [0.4, 0.5) is 0 Å². The van der Waals surface area contributed by atoms with E-state index in [1.165, 1.54) is 32.1 Å². The first kappa shape index (κ1) is 16.8. The average molecular weight is 283 g/mol. The lowest BCUT2D eigenvalue weighted by molar-refractivity contribution is -0.143. The number of nitrogens with zero attached hydrogens (tertiary/aromatic N) is 1. The molecular weight excluding hydrogens is 254 g/mol. The van der Waals surface area contributed by atoms with Gasteiger partial charge in [-0.25, -0.2) is 0 Å². The summed E-state index contributed by atoms with van der Waals surface area (Å²) in [7, 11) is 0. The molecule has 0 amide bonds. The predicted molar refractivity (Wildman–Crippen MR) is 81.9 cm³/mol. The highest BCUT2D eigenvalue weighted by Crippen LogP contribution is 2.17. The standard InChI is InChI=1S/C15H29N3O2/c1-3-16-15(18-13-9-6-5-7-10-13)17-12-8-11-14(19)20-4-2/h13H,3-12H2,1-2H3,(H2,16,17,18). The van der Waals surface area contributed by atoms with Crippen LogP contribution in [0.2, 0.25) is 0 Å². The van der Waals surface area contributed by atoms with Gasteiger partial charge in [-0.15, -0.1) is 0 Å². The SMILES string of the molecule is CCNC(=NCCCC(=O)OCC)NC1CCCCC1. The molecule has 1 fully saturated rings. The van der Waals surface area contributed by atoms with E-state index in [4.69, 9.17) is 4.74 Å². The van der Waals surface area contributed by atoms with Crippen LogP contribution in [-0.4, -0.2) is 37.7 Å². The van der Waals surface area contributed by atoms with Crippen LogP contribution in [0.1, 0.15) is 58.8 Å². The molecule has 1 saturated carbocycles. The molecule has 2 N–H and O–H groups in total. The van der Waals surface area contributed by atoms with Crippen molar-refractivity contribution < 1.29 is 9.53 Å². The second kappa shape index (κ2) is 10.5. The maximum atomic E-state index is 11.2. The van der Waals surface area contributed by atoms with Crippen molar-refractivity contribution in [3.8, 4) is 0 Å². The van der Waals surface area contributed by atoms with Gasteiger partial charge in [-0.05, 0) is 33.1 Å². The Kier molecular flexibility index (Phi) is 8.83. The number of rotatable bonds is 7. The molecule has 0 bridgehead atoms. The molecule has 0 saturated heterocycles. The van der Waals surface area contributed by atoms with Crippen LogP contribution in [0.5, 0.6) is 0 Å². The molecule has 0 aromatic rings. The summed E-state index contributed by atoms with van der Waals surface area (Å²) in [6.45, 7) is 5.86. The number of guanidine groups is 1. The van der Waals surface area contributed by atoms with Crippen molar-refractivity contribution in [2.24, 2.45) is 4.99 Å². The number of hydrogen-bond donors (Lipinski definition) is 2. The minimum absolute atomic E-state index is 0.132. The van der Waals surface area contributed by atoms with Crippen molar-refractivity contribution in [1.29, 1.82) is 0 Å². The third-order valence-corrected chi connectivity index (χ3v) is 3.40. The zero-order valence-electron chi connectivity index (χ0n) is 12.9. The van der Waals surface area contributed by atoms with Crippen LogP contribution >= 0.6 is 0 Å². The summed E-state index contributed by atoms with van der Waals surface area (Å²) < 4.78 is 4.90. The number of carbonyl (C=O) groups excluding carboxylic acids is 1. The maximum Gasteiger partial charge on any atom is 0.305 e. The molecule has 5 nitrogen and oxygen atoms in total. The summed E-state index contributed by atoms with van der Waals surface area (Å²) in [5, 5.41) is 6.76. The molecule has 5 heteroatoms. The van der Waals surface area contributed by atoms with Gasteiger partial charge in [-0.1, -0.05) is 19.3 Å². The number of carbonyl (C=O) groups is 1. The molecule has 0 unspecified atom stereocenters. The maximum absolute atomic E-state index is 11.2. The molecule has 0 aromatic heterocycles. The van der Waals surface area contributed by atoms with E-state index in [-0.39, 0.29) is 5.97 Å². The van der Waals surface area contributed by atoms with Gasteiger partial charge >= 0.3 is 5.97 Å². The van der Waals surface area contributed by atoms with E-state index in [1.807, 2.05) is 6.92 Å². The van der Waals surface area contributed by atoms with E-state index in [2.05, 4.69) is 22.5 Å². The monoisotopic (exact) mass is 283 g/mol. The Hall–Kier alpha value is -1.26. The number of hydrogen-bond acceptors (Lipinski definition) is 3. The number of esters is 1. The van der Waals surface area contributed by atoms with Gasteiger partial charge in [0.15, 0.2) is 5.96 Å².